The van der Waals surface area contributed by atoms with E-state index in [4.69, 9.17) is 6.85 Å². The smallest absolute Gasteiger partial charge is 0.252 e. The van der Waals surface area contributed by atoms with Gasteiger partial charge in [-0.2, -0.15) is 0 Å². The molecule has 0 bridgehead atoms. The van der Waals surface area contributed by atoms with Crippen LogP contribution < -0.4 is 31.1 Å². The molecule has 17 aromatic carbocycles. The molecule has 0 amide bonds. The molecule has 0 atom stereocenters. The van der Waals surface area contributed by atoms with E-state index in [-0.39, 0.29) is 77.5 Å². The van der Waals surface area contributed by atoms with Crippen LogP contribution in [0.15, 0.2) is 394 Å². The van der Waals surface area contributed by atoms with Crippen molar-refractivity contribution in [3.8, 4) is 61.6 Å². The van der Waals surface area contributed by atoms with Crippen molar-refractivity contribution >= 4 is 140 Å². The van der Waals surface area contributed by atoms with Gasteiger partial charge in [0.25, 0.3) is 6.71 Å². The highest BCUT2D eigenvalue weighted by Crippen LogP contribution is 2.52. The van der Waals surface area contributed by atoms with Crippen LogP contribution in [0.2, 0.25) is 0 Å². The van der Waals surface area contributed by atoms with Crippen molar-refractivity contribution in [2.75, 3.05) is 14.7 Å². The minimum absolute atomic E-state index is 0.0119. The molecule has 5 heterocycles. The topological polar surface area (TPSA) is 24.5 Å². The normalized spacial score (nSPS) is 15.0. The van der Waals surface area contributed by atoms with Gasteiger partial charge in [0.2, 0.25) is 0 Å². The van der Waals surface area contributed by atoms with Crippen LogP contribution >= 0.6 is 0 Å². The van der Waals surface area contributed by atoms with E-state index in [2.05, 4.69) is 171 Å². The molecule has 6 nitrogen and oxygen atoms in total. The molecule has 20 aromatic rings. The zero-order valence-corrected chi connectivity index (χ0v) is 64.7. The Morgan fingerprint density at radius 3 is 1.05 bits per heavy atom. The van der Waals surface area contributed by atoms with Crippen LogP contribution in [-0.2, 0) is 10.8 Å². The molecule has 0 fully saturated rings. The van der Waals surface area contributed by atoms with Gasteiger partial charge in [0.05, 0.1) is 66.2 Å². The number of hydrogen-bond donors (Lipinski definition) is 0. The van der Waals surface area contributed by atoms with E-state index < -0.39 is 122 Å². The highest BCUT2D eigenvalue weighted by Gasteiger charge is 2.45. The molecule has 0 unspecified atom stereocenters. The molecule has 0 aliphatic carbocycles. The molecule has 0 spiro atoms. The first-order valence-electron chi connectivity index (χ1n) is 49.3. The Balaban J connectivity index is 0.906. The van der Waals surface area contributed by atoms with Crippen molar-refractivity contribution in [3.05, 3.63) is 405 Å². The Morgan fingerprint density at radius 1 is 0.248 bits per heavy atom. The third-order valence-electron chi connectivity index (χ3n) is 23.3. The Morgan fingerprint density at radius 2 is 0.615 bits per heavy atom. The first kappa shape index (κ1) is 51.4. The molecule has 0 N–H and O–H groups in total. The third kappa shape index (κ3) is 11.5. The lowest BCUT2D eigenvalue weighted by molar-refractivity contribution is 0.590. The average Bonchev–Trinajstić information content (AvgIpc) is 1.67. The maximum atomic E-state index is 10.3. The van der Waals surface area contributed by atoms with Crippen LogP contribution in [0.5, 0.6) is 0 Å². The predicted octanol–water partition coefficient (Wildman–Crippen LogP) is 27.8. The fraction of sp³-hybridized carbons (Fsp3) is 0.0727. The number of anilines is 9. The number of nitrogens with zero attached hydrogens (tertiary/aromatic N) is 6. The van der Waals surface area contributed by atoms with Gasteiger partial charge >= 0.3 is 0 Å². The van der Waals surface area contributed by atoms with Gasteiger partial charge in [-0.3, -0.25) is 0 Å². The molecule has 117 heavy (non-hydrogen) atoms. The Kier molecular flexibility index (Phi) is 11.9. The zero-order chi connectivity index (χ0) is 95.8. The Labute approximate surface area is 711 Å². The van der Waals surface area contributed by atoms with Gasteiger partial charge < -0.3 is 28.4 Å². The van der Waals surface area contributed by atoms with E-state index in [1.807, 2.05) is 127 Å². The predicted molar refractivity (Wildman–Crippen MR) is 497 cm³/mol. The van der Waals surface area contributed by atoms with Crippen LogP contribution in [0.1, 0.15) is 80.1 Å². The summed E-state index contributed by atoms with van der Waals surface area (Å²) in [6, 6.07) is 80.1. The van der Waals surface area contributed by atoms with E-state index in [0.29, 0.717) is 45.5 Å². The van der Waals surface area contributed by atoms with Gasteiger partial charge in [0.15, 0.2) is 0 Å². The summed E-state index contributed by atoms with van der Waals surface area (Å²) in [5.41, 5.74) is 17.7. The highest BCUT2D eigenvalue weighted by molar-refractivity contribution is 7.00. The summed E-state index contributed by atoms with van der Waals surface area (Å²) < 4.78 is 195. The van der Waals surface area contributed by atoms with E-state index in [9.17, 15) is 20.6 Å². The summed E-state index contributed by atoms with van der Waals surface area (Å²) in [5.74, 6) is 0. The molecule has 3 aromatic heterocycles. The Hall–Kier alpha value is -14.4. The van der Waals surface area contributed by atoms with Crippen LogP contribution in [0.4, 0.5) is 51.2 Å². The number of para-hydroxylation sites is 5. The summed E-state index contributed by atoms with van der Waals surface area (Å²) >= 11 is 0. The number of hydrogen-bond acceptors (Lipinski definition) is 3. The number of rotatable bonds is 12. The molecular formula is C110H83BN6. The molecule has 2 aliphatic rings. The summed E-state index contributed by atoms with van der Waals surface area (Å²) in [7, 11) is 0. The fourth-order valence-electron chi connectivity index (χ4n) is 17.7. The molecule has 556 valence electrons. The minimum atomic E-state index is -0.808. The van der Waals surface area contributed by atoms with Gasteiger partial charge in [0.1, 0.15) is 0 Å². The van der Waals surface area contributed by atoms with Crippen LogP contribution in [-0.4, -0.2) is 20.4 Å². The van der Waals surface area contributed by atoms with Crippen molar-refractivity contribution in [3.63, 3.8) is 0 Å². The number of fused-ring (bicyclic) bond motifs is 13. The monoisotopic (exact) mass is 1520 g/mol. The molecule has 0 saturated heterocycles. The third-order valence-corrected chi connectivity index (χ3v) is 23.3. The van der Waals surface area contributed by atoms with Crippen molar-refractivity contribution in [1.29, 1.82) is 0 Å². The quantitative estimate of drug-likeness (QED) is 0.114. The molecule has 2 aliphatic heterocycles. The van der Waals surface area contributed by atoms with Crippen molar-refractivity contribution in [2.24, 2.45) is 0 Å². The summed E-state index contributed by atoms with van der Waals surface area (Å²) in [6.45, 7) is 12.5. The van der Waals surface area contributed by atoms with Crippen LogP contribution in [0.3, 0.4) is 0 Å². The lowest BCUT2D eigenvalue weighted by atomic mass is 9.33. The van der Waals surface area contributed by atoms with Crippen molar-refractivity contribution in [1.82, 2.24) is 13.7 Å². The number of benzene rings is 17. The summed E-state index contributed by atoms with van der Waals surface area (Å²) in [5, 5.41) is 1.59. The van der Waals surface area contributed by atoms with Gasteiger partial charge in [-0.1, -0.05) is 278 Å². The summed E-state index contributed by atoms with van der Waals surface area (Å²) in [6.07, 6.45) is 0. The standard InChI is InChI=1S/C110H83BN6/c1-109(2,3)80-48-58-102-94(66-80)95-67-81(110(4,5)6)49-59-103(95)114(102)86-55-57-97-105(69-86)117(88-64-78(74-34-16-9-17-35-74)61-79(65-88)75-36-18-10-19-37-75)107-71-89(115-100-46-28-24-42-92(100)93-43-25-29-47-101(93)115)70-106-108(107)111(97)96-56-54-85(68-104(96)116(106)87-62-76(72-30-12-7-13-31-72)60-77(63-87)73-32-14-8-15-33-73)112(82-38-20-11-21-39-82)83-50-52-84(53-51-83)113-98-44-26-22-40-90(98)91-41-23-27-45-99(91)113/h7-71H,1-6H3/i11D,20D,21D,22D,23D,24D,25D,26D,27D,28D,29D,38D,40D,41D,42D,43D,44D,45D,46D,47D. The van der Waals surface area contributed by atoms with E-state index in [1.165, 1.54) is 10.6 Å². The van der Waals surface area contributed by atoms with Crippen molar-refractivity contribution in [2.45, 2.75) is 52.4 Å². The van der Waals surface area contributed by atoms with Crippen LogP contribution in [0.25, 0.3) is 127 Å². The second kappa shape index (κ2) is 27.2. The maximum absolute atomic E-state index is 10.3. The first-order valence-corrected chi connectivity index (χ1v) is 39.3. The van der Waals surface area contributed by atoms with Crippen LogP contribution in [0, 0.1) is 0 Å². The van der Waals surface area contributed by atoms with Crippen molar-refractivity contribution < 1.29 is 27.4 Å². The second-order valence-corrected chi connectivity index (χ2v) is 32.3. The lowest BCUT2D eigenvalue weighted by Gasteiger charge is -2.45. The van der Waals surface area contributed by atoms with Gasteiger partial charge in [-0.25, -0.2) is 0 Å². The number of aromatic nitrogens is 3. The first-order chi connectivity index (χ1) is 65.6. The van der Waals surface area contributed by atoms with Gasteiger partial charge in [-0.05, 0) is 240 Å². The second-order valence-electron chi connectivity index (χ2n) is 32.3. The summed E-state index contributed by atoms with van der Waals surface area (Å²) in [4.78, 5) is 6.11. The molecule has 22 rings (SSSR count). The maximum Gasteiger partial charge on any atom is 0.252 e. The SMILES string of the molecule is [2H]c1cc(N(c2ccc(-n3c4c([2H])c([2H])c([2H])c([2H])c4c4c([2H])c([2H])c([2H])c([2H])c43)cc2)c2ccc3c(c2)N(c2cc(-c4ccccc4)cc(-c4ccccc4)c2)c2cc(-n4c5c([2H])c([2H])c([2H])c([2H])c5c5c([2H])c([2H])c([2H])c([2H])c54)cc4c2B3c2ccc(-n3c5ccc(C(C)(C)C)cc5c5cc(C(C)(C)C)ccc53)cc2N4c2cc(-c3ccccc3)cc(-c3ccccc3)c2)c([2H])c([2H])c1[2H]. The average molecular weight is 1520 g/mol. The largest absolute Gasteiger partial charge is 0.311 e. The van der Waals surface area contributed by atoms with E-state index >= 15 is 0 Å². The molecule has 7 heteroatoms. The molecule has 0 radical (unpaired) electrons. The Bertz CT molecular complexity index is 8290. The molecular weight excluding hydrogens is 1420 g/mol. The molecule has 0 saturated carbocycles. The van der Waals surface area contributed by atoms with E-state index in [0.717, 1.165) is 99.5 Å². The highest BCUT2D eigenvalue weighted by atomic mass is 15.2. The van der Waals surface area contributed by atoms with E-state index in [1.54, 1.807) is 33.7 Å². The van der Waals surface area contributed by atoms with Gasteiger partial charge in [-0.15, -0.1) is 0 Å². The van der Waals surface area contributed by atoms with Gasteiger partial charge in [0, 0.05) is 94.9 Å². The zero-order valence-electron chi connectivity index (χ0n) is 84.7. The minimum Gasteiger partial charge on any atom is -0.311 e. The lowest BCUT2D eigenvalue weighted by Crippen LogP contribution is -2.61. The fourth-order valence-corrected chi connectivity index (χ4v) is 17.7.